The average Bonchev–Trinajstić information content (AvgIpc) is 3.17. The fraction of sp³-hybridized carbons (Fsp3) is 0.100. The van der Waals surface area contributed by atoms with E-state index in [0.717, 1.165) is 38.4 Å². The van der Waals surface area contributed by atoms with Gasteiger partial charge < -0.3 is 10.6 Å². The van der Waals surface area contributed by atoms with E-state index in [9.17, 15) is 14.9 Å². The quantitative estimate of drug-likeness (QED) is 0.219. The summed E-state index contributed by atoms with van der Waals surface area (Å²) in [6.07, 6.45) is 0. The third-order valence-electron chi connectivity index (χ3n) is 3.96. The smallest absolute Gasteiger partial charge is 0.234 e. The number of carbonyl (C=O) groups excluding carboxylic acids is 2. The second kappa shape index (κ2) is 13.7. The summed E-state index contributed by atoms with van der Waals surface area (Å²) in [7, 11) is 0. The zero-order chi connectivity index (χ0) is 25.7. The third-order valence-corrected chi connectivity index (χ3v) is 10.6. The molecule has 0 saturated carbocycles. The largest absolute Gasteiger partial charge is 0.323 e. The van der Waals surface area contributed by atoms with E-state index >= 15 is 0 Å². The van der Waals surface area contributed by atoms with Gasteiger partial charge in [0.2, 0.25) is 11.8 Å². The SMILES string of the molecule is N#Cc1c(SCC(=O)Nc2c(Br)cc(Br)cc2Br)nsc1SCC(=O)Nc1c(Br)cc(Br)cc1Br. The van der Waals surface area contributed by atoms with Crippen LogP contribution in [0.25, 0.3) is 0 Å². The van der Waals surface area contributed by atoms with Crippen molar-refractivity contribution < 1.29 is 9.59 Å². The van der Waals surface area contributed by atoms with E-state index in [0.29, 0.717) is 26.2 Å². The number of halogens is 6. The Morgan fingerprint density at radius 1 is 0.829 bits per heavy atom. The van der Waals surface area contributed by atoms with Gasteiger partial charge in [-0.1, -0.05) is 43.6 Å². The molecular formula is C20H10Br6N4O2S3. The number of nitrogens with one attached hydrogen (secondary N) is 2. The van der Waals surface area contributed by atoms with Crippen molar-refractivity contribution in [1.29, 1.82) is 5.26 Å². The Bertz CT molecular complexity index is 1210. The summed E-state index contributed by atoms with van der Waals surface area (Å²) < 4.78 is 9.57. The van der Waals surface area contributed by atoms with Crippen LogP contribution < -0.4 is 10.6 Å². The highest BCUT2D eigenvalue weighted by Gasteiger charge is 2.19. The summed E-state index contributed by atoms with van der Waals surface area (Å²) in [5.41, 5.74) is 1.60. The number of thioether (sulfide) groups is 2. The fourth-order valence-electron chi connectivity index (χ4n) is 2.49. The number of carbonyl (C=O) groups is 2. The van der Waals surface area contributed by atoms with Crippen LogP contribution in [0.15, 0.2) is 60.3 Å². The maximum absolute atomic E-state index is 12.5. The molecule has 2 aromatic carbocycles. The van der Waals surface area contributed by atoms with Gasteiger partial charge in [-0.15, -0.1) is 11.8 Å². The minimum Gasteiger partial charge on any atom is -0.323 e. The van der Waals surface area contributed by atoms with E-state index in [2.05, 4.69) is 117 Å². The molecule has 1 aromatic heterocycles. The van der Waals surface area contributed by atoms with E-state index in [1.165, 1.54) is 23.5 Å². The second-order valence-electron chi connectivity index (χ2n) is 6.42. The molecule has 182 valence electrons. The number of amides is 2. The third kappa shape index (κ3) is 8.28. The molecule has 0 fully saturated rings. The van der Waals surface area contributed by atoms with Crippen molar-refractivity contribution in [3.8, 4) is 6.07 Å². The Morgan fingerprint density at radius 3 is 1.69 bits per heavy atom. The molecule has 2 amide bonds. The number of rotatable bonds is 8. The first-order chi connectivity index (χ1) is 16.6. The lowest BCUT2D eigenvalue weighted by atomic mass is 10.3. The molecule has 2 N–H and O–H groups in total. The number of hydrogen-bond acceptors (Lipinski definition) is 7. The summed E-state index contributed by atoms with van der Waals surface area (Å²) in [4.78, 5) is 25.0. The summed E-state index contributed by atoms with van der Waals surface area (Å²) >= 11 is 24.0. The summed E-state index contributed by atoms with van der Waals surface area (Å²) in [6, 6.07) is 9.46. The van der Waals surface area contributed by atoms with E-state index in [1.54, 1.807) is 0 Å². The highest BCUT2D eigenvalue weighted by molar-refractivity contribution is 9.12. The summed E-state index contributed by atoms with van der Waals surface area (Å²) in [5.74, 6) is -0.295. The van der Waals surface area contributed by atoms with E-state index in [4.69, 9.17) is 0 Å². The van der Waals surface area contributed by atoms with Crippen LogP contribution in [0.3, 0.4) is 0 Å². The van der Waals surface area contributed by atoms with Gasteiger partial charge in [0.15, 0.2) is 0 Å². The maximum Gasteiger partial charge on any atom is 0.234 e. The molecule has 35 heavy (non-hydrogen) atoms. The van der Waals surface area contributed by atoms with Crippen LogP contribution in [-0.2, 0) is 9.59 Å². The normalized spacial score (nSPS) is 10.7. The van der Waals surface area contributed by atoms with Gasteiger partial charge in [0.05, 0.1) is 22.9 Å². The first kappa shape index (κ1) is 29.6. The van der Waals surface area contributed by atoms with Gasteiger partial charge in [0, 0.05) is 26.8 Å². The molecule has 0 radical (unpaired) electrons. The standard InChI is InChI=1S/C20H10Br6N4O2S3/c21-8-1-11(23)17(12(24)2-8)28-15(31)6-33-19-10(5-27)20(35-30-19)34-7-16(32)29-18-13(25)3-9(22)4-14(18)26/h1-4H,6-7H2,(H,28,31)(H,29,32). The van der Waals surface area contributed by atoms with Crippen molar-refractivity contribution in [2.24, 2.45) is 0 Å². The van der Waals surface area contributed by atoms with Crippen LogP contribution in [0.2, 0.25) is 0 Å². The molecule has 0 unspecified atom stereocenters. The molecule has 3 aromatic rings. The van der Waals surface area contributed by atoms with Gasteiger partial charge in [-0.2, -0.15) is 9.64 Å². The molecule has 15 heteroatoms. The lowest BCUT2D eigenvalue weighted by Crippen LogP contribution is -2.15. The van der Waals surface area contributed by atoms with Gasteiger partial charge in [-0.3, -0.25) is 9.59 Å². The molecule has 3 rings (SSSR count). The van der Waals surface area contributed by atoms with Crippen molar-refractivity contribution in [3.63, 3.8) is 0 Å². The number of benzene rings is 2. The predicted octanol–water partition coefficient (Wildman–Crippen LogP) is 9.05. The van der Waals surface area contributed by atoms with Crippen LogP contribution in [0, 0.1) is 11.3 Å². The zero-order valence-corrected chi connectivity index (χ0v) is 28.9. The summed E-state index contributed by atoms with van der Waals surface area (Å²) in [5, 5.41) is 15.8. The highest BCUT2D eigenvalue weighted by Crippen LogP contribution is 2.37. The van der Waals surface area contributed by atoms with Crippen LogP contribution in [-0.4, -0.2) is 27.7 Å². The monoisotopic (exact) mass is 908 g/mol. The number of nitrogens with zero attached hydrogens (tertiary/aromatic N) is 2. The van der Waals surface area contributed by atoms with E-state index in [-0.39, 0.29) is 23.3 Å². The molecule has 0 aliphatic rings. The van der Waals surface area contributed by atoms with E-state index < -0.39 is 0 Å². The van der Waals surface area contributed by atoms with Crippen molar-refractivity contribution in [3.05, 3.63) is 56.7 Å². The molecule has 1 heterocycles. The Kier molecular flexibility index (Phi) is 11.6. The molecule has 0 aliphatic carbocycles. The van der Waals surface area contributed by atoms with Crippen molar-refractivity contribution in [2.45, 2.75) is 9.24 Å². The number of nitriles is 1. The van der Waals surface area contributed by atoms with Gasteiger partial charge >= 0.3 is 0 Å². The van der Waals surface area contributed by atoms with Crippen LogP contribution >= 0.6 is 131 Å². The highest BCUT2D eigenvalue weighted by atomic mass is 79.9. The minimum absolute atomic E-state index is 0.0730. The zero-order valence-electron chi connectivity index (χ0n) is 16.9. The van der Waals surface area contributed by atoms with Crippen LogP contribution in [0.4, 0.5) is 11.4 Å². The molecule has 6 nitrogen and oxygen atoms in total. The molecule has 0 atom stereocenters. The molecular weight excluding hydrogens is 904 g/mol. The Balaban J connectivity index is 1.59. The molecule has 0 saturated heterocycles. The molecule has 0 bridgehead atoms. The first-order valence-electron chi connectivity index (χ1n) is 9.13. The molecule has 0 spiro atoms. The predicted molar refractivity (Wildman–Crippen MR) is 165 cm³/mol. The van der Waals surface area contributed by atoms with Crippen LogP contribution in [0.5, 0.6) is 0 Å². The number of aromatic nitrogens is 1. The maximum atomic E-state index is 12.5. The first-order valence-corrected chi connectivity index (χ1v) is 16.6. The Labute approximate surface area is 264 Å². The fourth-order valence-corrected chi connectivity index (χ4v) is 10.1. The number of anilines is 2. The summed E-state index contributed by atoms with van der Waals surface area (Å²) in [6.45, 7) is 0. The lowest BCUT2D eigenvalue weighted by molar-refractivity contribution is -0.114. The average molecular weight is 914 g/mol. The van der Waals surface area contributed by atoms with Gasteiger partial charge in [0.1, 0.15) is 20.9 Å². The number of hydrogen-bond donors (Lipinski definition) is 2. The van der Waals surface area contributed by atoms with Crippen molar-refractivity contribution in [1.82, 2.24) is 4.37 Å². The topological polar surface area (TPSA) is 94.9 Å². The van der Waals surface area contributed by atoms with Crippen molar-refractivity contribution in [2.75, 3.05) is 22.1 Å². The van der Waals surface area contributed by atoms with Gasteiger partial charge in [0.25, 0.3) is 0 Å². The lowest BCUT2D eigenvalue weighted by Gasteiger charge is -2.10. The van der Waals surface area contributed by atoms with E-state index in [1.807, 2.05) is 24.3 Å². The minimum atomic E-state index is -0.241. The molecule has 0 aliphatic heterocycles. The van der Waals surface area contributed by atoms with Crippen LogP contribution in [0.1, 0.15) is 5.56 Å². The van der Waals surface area contributed by atoms with Gasteiger partial charge in [-0.25, -0.2) is 0 Å². The Morgan fingerprint density at radius 2 is 1.26 bits per heavy atom. The van der Waals surface area contributed by atoms with Crippen molar-refractivity contribution >= 4 is 154 Å². The Hall–Kier alpha value is 0.0800. The van der Waals surface area contributed by atoms with Gasteiger partial charge in [-0.05, 0) is 99.5 Å². The second-order valence-corrected chi connectivity index (χ2v) is 14.7.